The molecule has 0 aromatic heterocycles. The highest BCUT2D eigenvalue weighted by Crippen LogP contribution is 2.23. The molecule has 1 amide bonds. The molecule has 0 saturated carbocycles. The summed E-state index contributed by atoms with van der Waals surface area (Å²) in [6.07, 6.45) is 0.642. The molecule has 0 unspecified atom stereocenters. The van der Waals surface area contributed by atoms with Crippen LogP contribution in [0.25, 0.3) is 0 Å². The Morgan fingerprint density at radius 2 is 2.00 bits per heavy atom. The molecule has 11 heteroatoms. The van der Waals surface area contributed by atoms with Gasteiger partial charge in [-0.25, -0.2) is 17.5 Å². The van der Waals surface area contributed by atoms with Crippen LogP contribution in [0.1, 0.15) is 33.6 Å². The lowest BCUT2D eigenvalue weighted by molar-refractivity contribution is 0.0744. The fourth-order valence-electron chi connectivity index (χ4n) is 2.83. The van der Waals surface area contributed by atoms with Crippen LogP contribution in [0.2, 0.25) is 5.02 Å². The van der Waals surface area contributed by atoms with Crippen molar-refractivity contribution in [1.82, 2.24) is 9.62 Å². The normalized spacial score (nSPS) is 15.3. The number of ether oxygens (including phenoxy) is 2. The maximum atomic E-state index is 14.4. The van der Waals surface area contributed by atoms with Crippen molar-refractivity contribution in [3.8, 4) is 0 Å². The van der Waals surface area contributed by atoms with Crippen molar-refractivity contribution >= 4 is 33.3 Å². The van der Waals surface area contributed by atoms with E-state index in [1.54, 1.807) is 0 Å². The molecule has 29 heavy (non-hydrogen) atoms. The van der Waals surface area contributed by atoms with Gasteiger partial charge in [0, 0.05) is 39.5 Å². The van der Waals surface area contributed by atoms with Gasteiger partial charge in [0.2, 0.25) is 10.0 Å². The van der Waals surface area contributed by atoms with E-state index < -0.39 is 49.9 Å². The van der Waals surface area contributed by atoms with E-state index in [1.165, 1.54) is 19.1 Å². The van der Waals surface area contributed by atoms with Crippen molar-refractivity contribution in [3.63, 3.8) is 0 Å². The summed E-state index contributed by atoms with van der Waals surface area (Å²) >= 11 is 5.85. The molecule has 1 saturated heterocycles. The summed E-state index contributed by atoms with van der Waals surface area (Å²) in [5.74, 6) is -2.30. The van der Waals surface area contributed by atoms with E-state index in [9.17, 15) is 22.4 Å². The third kappa shape index (κ3) is 6.19. The SMILES string of the molecule is COCCN(C)C(=O)c1cc(Cl)c(F)c(C(=O)CNS(=O)(=O)C2CCOCC2)c1. The summed E-state index contributed by atoms with van der Waals surface area (Å²) < 4.78 is 51.3. The van der Waals surface area contributed by atoms with Crippen molar-refractivity contribution in [2.45, 2.75) is 18.1 Å². The smallest absolute Gasteiger partial charge is 0.253 e. The number of nitrogens with one attached hydrogen (secondary N) is 1. The molecule has 1 fully saturated rings. The van der Waals surface area contributed by atoms with Crippen LogP contribution in [0.5, 0.6) is 0 Å². The molecule has 0 radical (unpaired) electrons. The Morgan fingerprint density at radius 3 is 2.62 bits per heavy atom. The standard InChI is InChI=1S/C18H24ClFN2O6S/c1-22(5-8-27-2)18(24)12-9-14(17(20)15(19)10-12)16(23)11-21-29(25,26)13-3-6-28-7-4-13/h9-10,13,21H,3-8,11H2,1-2H3. The highest BCUT2D eigenvalue weighted by atomic mass is 35.5. The number of halogens is 2. The third-order valence-corrected chi connectivity index (χ3v) is 6.76. The van der Waals surface area contributed by atoms with E-state index in [4.69, 9.17) is 21.1 Å². The number of ketones is 1. The summed E-state index contributed by atoms with van der Waals surface area (Å²) in [5.41, 5.74) is -0.429. The van der Waals surface area contributed by atoms with Crippen LogP contribution in [0.4, 0.5) is 4.39 Å². The fraction of sp³-hybridized carbons (Fsp3) is 0.556. The average Bonchev–Trinajstić information content (AvgIpc) is 2.72. The van der Waals surface area contributed by atoms with E-state index in [0.29, 0.717) is 39.2 Å². The van der Waals surface area contributed by atoms with Crippen LogP contribution in [0.3, 0.4) is 0 Å². The number of sulfonamides is 1. The lowest BCUT2D eigenvalue weighted by Gasteiger charge is -2.22. The fourth-order valence-corrected chi connectivity index (χ4v) is 4.43. The van der Waals surface area contributed by atoms with Gasteiger partial charge in [0.1, 0.15) is 0 Å². The first kappa shape index (κ1) is 23.7. The number of hydrogen-bond acceptors (Lipinski definition) is 6. The minimum atomic E-state index is -3.75. The maximum absolute atomic E-state index is 14.4. The molecular formula is C18H24ClFN2O6S. The first-order chi connectivity index (χ1) is 13.7. The van der Waals surface area contributed by atoms with Crippen molar-refractivity contribution in [2.24, 2.45) is 0 Å². The number of benzene rings is 1. The molecule has 0 bridgehead atoms. The summed E-state index contributed by atoms with van der Waals surface area (Å²) in [4.78, 5) is 26.3. The number of nitrogens with zero attached hydrogens (tertiary/aromatic N) is 1. The summed E-state index contributed by atoms with van der Waals surface area (Å²) in [7, 11) is -0.734. The van der Waals surface area contributed by atoms with Gasteiger partial charge in [-0.05, 0) is 25.0 Å². The Balaban J connectivity index is 2.15. The molecule has 162 valence electrons. The Hall–Kier alpha value is -1.59. The Morgan fingerprint density at radius 1 is 1.34 bits per heavy atom. The topological polar surface area (TPSA) is 102 Å². The molecule has 0 atom stereocenters. The summed E-state index contributed by atoms with van der Waals surface area (Å²) in [5, 5.41) is -1.06. The Kier molecular flexibility index (Phi) is 8.53. The molecule has 2 rings (SSSR count). The summed E-state index contributed by atoms with van der Waals surface area (Å²) in [6.45, 7) is 0.606. The highest BCUT2D eigenvalue weighted by Gasteiger charge is 2.29. The van der Waals surface area contributed by atoms with Gasteiger partial charge in [0.05, 0.1) is 29.0 Å². The molecule has 0 aliphatic carbocycles. The molecule has 1 heterocycles. The zero-order valence-corrected chi connectivity index (χ0v) is 17.8. The second-order valence-electron chi connectivity index (χ2n) is 6.64. The van der Waals surface area contributed by atoms with Gasteiger partial charge >= 0.3 is 0 Å². The highest BCUT2D eigenvalue weighted by molar-refractivity contribution is 7.90. The van der Waals surface area contributed by atoms with Gasteiger partial charge in [-0.1, -0.05) is 11.6 Å². The van der Waals surface area contributed by atoms with E-state index in [0.717, 1.165) is 12.1 Å². The molecule has 1 aliphatic rings. The van der Waals surface area contributed by atoms with Crippen molar-refractivity contribution < 1.29 is 31.9 Å². The zero-order chi connectivity index (χ0) is 21.6. The Labute approximate surface area is 174 Å². The lowest BCUT2D eigenvalue weighted by Crippen LogP contribution is -2.40. The molecule has 0 spiro atoms. The lowest BCUT2D eigenvalue weighted by atomic mass is 10.1. The van der Waals surface area contributed by atoms with E-state index in [-0.39, 0.29) is 5.56 Å². The van der Waals surface area contributed by atoms with Crippen LogP contribution in [-0.2, 0) is 19.5 Å². The van der Waals surface area contributed by atoms with E-state index in [2.05, 4.69) is 4.72 Å². The monoisotopic (exact) mass is 450 g/mol. The number of carbonyl (C=O) groups is 2. The largest absolute Gasteiger partial charge is 0.383 e. The van der Waals surface area contributed by atoms with Crippen LogP contribution in [0, 0.1) is 5.82 Å². The zero-order valence-electron chi connectivity index (χ0n) is 16.2. The van der Waals surface area contributed by atoms with E-state index in [1.807, 2.05) is 0 Å². The molecule has 8 nitrogen and oxygen atoms in total. The van der Waals surface area contributed by atoms with Crippen LogP contribution < -0.4 is 4.72 Å². The molecule has 1 aliphatic heterocycles. The number of hydrogen-bond donors (Lipinski definition) is 1. The number of amides is 1. The minimum absolute atomic E-state index is 0.0191. The second kappa shape index (κ2) is 10.4. The quantitative estimate of drug-likeness (QED) is 0.572. The number of carbonyl (C=O) groups excluding carboxylic acids is 2. The van der Waals surface area contributed by atoms with Gasteiger partial charge in [0.15, 0.2) is 11.6 Å². The number of likely N-dealkylation sites (N-methyl/N-ethyl adjacent to an activating group) is 1. The van der Waals surface area contributed by atoms with Crippen LogP contribution in [0.15, 0.2) is 12.1 Å². The van der Waals surface area contributed by atoms with Gasteiger partial charge < -0.3 is 14.4 Å². The number of Topliss-reactive ketones (excluding diaryl/α,β-unsaturated/α-hetero) is 1. The van der Waals surface area contributed by atoms with Crippen molar-refractivity contribution in [3.05, 3.63) is 34.1 Å². The predicted molar refractivity (Wildman–Crippen MR) is 105 cm³/mol. The van der Waals surface area contributed by atoms with Crippen molar-refractivity contribution in [2.75, 3.05) is 47.1 Å². The third-order valence-electron chi connectivity index (χ3n) is 4.59. The first-order valence-electron chi connectivity index (χ1n) is 9.00. The maximum Gasteiger partial charge on any atom is 0.253 e. The molecule has 1 aromatic rings. The molecule has 1 aromatic carbocycles. The van der Waals surface area contributed by atoms with Crippen molar-refractivity contribution in [1.29, 1.82) is 0 Å². The van der Waals surface area contributed by atoms with Crippen LogP contribution in [-0.4, -0.2) is 77.3 Å². The van der Waals surface area contributed by atoms with Gasteiger partial charge in [-0.3, -0.25) is 9.59 Å². The molecular weight excluding hydrogens is 427 g/mol. The van der Waals surface area contributed by atoms with Crippen LogP contribution >= 0.6 is 11.6 Å². The second-order valence-corrected chi connectivity index (χ2v) is 9.09. The first-order valence-corrected chi connectivity index (χ1v) is 10.9. The number of methoxy groups -OCH3 is 1. The molecule has 1 N–H and O–H groups in total. The minimum Gasteiger partial charge on any atom is -0.383 e. The van der Waals surface area contributed by atoms with Gasteiger partial charge in [0.25, 0.3) is 5.91 Å². The summed E-state index contributed by atoms with van der Waals surface area (Å²) in [6, 6.07) is 2.21. The average molecular weight is 451 g/mol. The predicted octanol–water partition coefficient (Wildman–Crippen LogP) is 1.48. The number of rotatable bonds is 9. The Bertz CT molecular complexity index is 858. The van der Waals surface area contributed by atoms with E-state index >= 15 is 0 Å². The van der Waals surface area contributed by atoms with Gasteiger partial charge in [-0.2, -0.15) is 0 Å². The van der Waals surface area contributed by atoms with Gasteiger partial charge in [-0.15, -0.1) is 0 Å².